The van der Waals surface area contributed by atoms with Gasteiger partial charge in [-0.2, -0.15) is 0 Å². The van der Waals surface area contributed by atoms with Crippen molar-refractivity contribution in [2.45, 2.75) is 25.6 Å². The zero-order chi connectivity index (χ0) is 12.0. The Morgan fingerprint density at radius 3 is 2.07 bits per heavy atom. The van der Waals surface area contributed by atoms with Crippen molar-refractivity contribution in [3.63, 3.8) is 0 Å². The molecule has 3 nitrogen and oxygen atoms in total. The number of carbonyl (C=O) groups is 1. The van der Waals surface area contributed by atoms with Crippen LogP contribution in [-0.2, 0) is 4.79 Å². The van der Waals surface area contributed by atoms with E-state index in [0.29, 0.717) is 5.92 Å². The zero-order valence-electron chi connectivity index (χ0n) is 10.5. The van der Waals surface area contributed by atoms with Crippen molar-refractivity contribution in [1.29, 1.82) is 0 Å². The molecule has 1 amide bonds. The van der Waals surface area contributed by atoms with E-state index < -0.39 is 0 Å². The van der Waals surface area contributed by atoms with E-state index >= 15 is 0 Å². The van der Waals surface area contributed by atoms with Crippen molar-refractivity contribution in [3.05, 3.63) is 0 Å². The van der Waals surface area contributed by atoms with Crippen LogP contribution in [0.2, 0.25) is 0 Å². The molecule has 0 aromatic heterocycles. The van der Waals surface area contributed by atoms with Crippen LogP contribution in [0.15, 0.2) is 0 Å². The predicted molar refractivity (Wildman–Crippen MR) is 68.4 cm³/mol. The molecule has 0 aromatic carbocycles. The maximum Gasteiger partial charge on any atom is 0.236 e. The van der Waals surface area contributed by atoms with Crippen molar-refractivity contribution in [2.75, 3.05) is 33.7 Å². The molecule has 0 aliphatic carbocycles. The lowest BCUT2D eigenvalue weighted by molar-refractivity contribution is -0.130. The highest BCUT2D eigenvalue weighted by atomic mass is 79.9. The molecule has 0 heterocycles. The van der Waals surface area contributed by atoms with Gasteiger partial charge in [0, 0.05) is 19.6 Å². The highest BCUT2D eigenvalue weighted by molar-refractivity contribution is 9.10. The van der Waals surface area contributed by atoms with Gasteiger partial charge >= 0.3 is 0 Å². The summed E-state index contributed by atoms with van der Waals surface area (Å²) in [6.45, 7) is 8.70. The molecule has 0 bridgehead atoms. The lowest BCUT2D eigenvalue weighted by atomic mass is 10.2. The predicted octanol–water partition coefficient (Wildman–Crippen LogP) is 1.82. The minimum atomic E-state index is -0.0848. The minimum Gasteiger partial charge on any atom is -0.340 e. The number of likely N-dealkylation sites (N-methyl/N-ethyl adjacent to an activating group) is 1. The molecule has 0 saturated heterocycles. The molecule has 1 unspecified atom stereocenters. The van der Waals surface area contributed by atoms with Crippen LogP contribution in [0, 0.1) is 5.92 Å². The van der Waals surface area contributed by atoms with E-state index in [-0.39, 0.29) is 10.7 Å². The molecule has 4 heteroatoms. The smallest absolute Gasteiger partial charge is 0.236 e. The number of hydrogen-bond acceptors (Lipinski definition) is 2. The van der Waals surface area contributed by atoms with E-state index in [9.17, 15) is 4.79 Å². The largest absolute Gasteiger partial charge is 0.340 e. The molecular weight excluding hydrogens is 256 g/mol. The topological polar surface area (TPSA) is 23.6 Å². The zero-order valence-corrected chi connectivity index (χ0v) is 12.0. The molecular formula is C11H23BrN2O. The van der Waals surface area contributed by atoms with E-state index in [1.54, 1.807) is 0 Å². The third-order valence-electron chi connectivity index (χ3n) is 2.05. The third-order valence-corrected chi connectivity index (χ3v) is 2.45. The molecule has 0 rings (SSSR count). The Morgan fingerprint density at radius 1 is 1.20 bits per heavy atom. The molecule has 0 aromatic rings. The Labute approximate surface area is 102 Å². The number of hydrogen-bond donors (Lipinski definition) is 0. The maximum atomic E-state index is 11.9. The lowest BCUT2D eigenvalue weighted by Crippen LogP contribution is -2.41. The van der Waals surface area contributed by atoms with Gasteiger partial charge in [0.1, 0.15) is 0 Å². The van der Waals surface area contributed by atoms with Gasteiger partial charge in [-0.05, 0) is 26.9 Å². The van der Waals surface area contributed by atoms with E-state index in [0.717, 1.165) is 19.6 Å². The number of nitrogens with zero attached hydrogens (tertiary/aromatic N) is 2. The summed E-state index contributed by atoms with van der Waals surface area (Å²) in [5.41, 5.74) is 0. The van der Waals surface area contributed by atoms with Gasteiger partial charge in [-0.25, -0.2) is 0 Å². The molecule has 90 valence electrons. The SMILES string of the molecule is CC(C)CN(CCN(C)C)C(=O)C(C)Br. The van der Waals surface area contributed by atoms with Gasteiger partial charge in [0.25, 0.3) is 0 Å². The summed E-state index contributed by atoms with van der Waals surface area (Å²) in [4.78, 5) is 15.8. The monoisotopic (exact) mass is 278 g/mol. The Morgan fingerprint density at radius 2 is 1.73 bits per heavy atom. The number of rotatable bonds is 6. The minimum absolute atomic E-state index is 0.0848. The summed E-state index contributed by atoms with van der Waals surface area (Å²) in [5.74, 6) is 0.702. The molecule has 1 atom stereocenters. The Hall–Kier alpha value is -0.0900. The van der Waals surface area contributed by atoms with Crippen LogP contribution in [-0.4, -0.2) is 54.3 Å². The highest BCUT2D eigenvalue weighted by Crippen LogP contribution is 2.07. The third kappa shape index (κ3) is 6.90. The Bertz CT molecular complexity index is 193. The maximum absolute atomic E-state index is 11.9. The average Bonchev–Trinajstić information content (AvgIpc) is 2.10. The number of alkyl halides is 1. The summed E-state index contributed by atoms with van der Waals surface area (Å²) in [6, 6.07) is 0. The second kappa shape index (κ2) is 7.23. The van der Waals surface area contributed by atoms with Crippen LogP contribution in [0.5, 0.6) is 0 Å². The van der Waals surface area contributed by atoms with Crippen molar-refractivity contribution in [3.8, 4) is 0 Å². The first-order valence-corrected chi connectivity index (χ1v) is 6.33. The van der Waals surface area contributed by atoms with E-state index in [4.69, 9.17) is 0 Å². The van der Waals surface area contributed by atoms with Gasteiger partial charge in [0.05, 0.1) is 4.83 Å². The molecule has 15 heavy (non-hydrogen) atoms. The first kappa shape index (κ1) is 14.9. The Kier molecular flexibility index (Phi) is 7.18. The van der Waals surface area contributed by atoms with Gasteiger partial charge in [-0.1, -0.05) is 29.8 Å². The quantitative estimate of drug-likeness (QED) is 0.692. The van der Waals surface area contributed by atoms with Crippen molar-refractivity contribution in [1.82, 2.24) is 9.80 Å². The van der Waals surface area contributed by atoms with Crippen LogP contribution in [0.3, 0.4) is 0 Å². The summed E-state index contributed by atoms with van der Waals surface area (Å²) in [6.07, 6.45) is 0. The van der Waals surface area contributed by atoms with Crippen molar-refractivity contribution >= 4 is 21.8 Å². The van der Waals surface area contributed by atoms with Crippen molar-refractivity contribution in [2.24, 2.45) is 5.92 Å². The second-order valence-corrected chi connectivity index (χ2v) is 5.97. The van der Waals surface area contributed by atoms with Crippen LogP contribution in [0.25, 0.3) is 0 Å². The Balaban J connectivity index is 4.24. The van der Waals surface area contributed by atoms with E-state index in [1.807, 2.05) is 25.9 Å². The van der Waals surface area contributed by atoms with Crippen LogP contribution < -0.4 is 0 Å². The van der Waals surface area contributed by atoms with Gasteiger partial charge < -0.3 is 9.80 Å². The van der Waals surface area contributed by atoms with E-state index in [1.165, 1.54) is 0 Å². The normalized spacial score (nSPS) is 13.3. The fourth-order valence-corrected chi connectivity index (χ4v) is 1.59. The van der Waals surface area contributed by atoms with Gasteiger partial charge in [-0.3, -0.25) is 4.79 Å². The molecule has 0 radical (unpaired) electrons. The first-order chi connectivity index (χ1) is 6.84. The molecule has 0 N–H and O–H groups in total. The fraction of sp³-hybridized carbons (Fsp3) is 0.909. The number of halogens is 1. The summed E-state index contributed by atoms with van der Waals surface area (Å²) in [5, 5.41) is 0. The van der Waals surface area contributed by atoms with Crippen molar-refractivity contribution < 1.29 is 4.79 Å². The summed E-state index contributed by atoms with van der Waals surface area (Å²) >= 11 is 3.33. The first-order valence-electron chi connectivity index (χ1n) is 5.42. The number of carbonyl (C=O) groups excluding carboxylic acids is 1. The molecule has 0 spiro atoms. The summed E-state index contributed by atoms with van der Waals surface area (Å²) < 4.78 is 0. The van der Waals surface area contributed by atoms with Gasteiger partial charge in [-0.15, -0.1) is 0 Å². The average molecular weight is 279 g/mol. The molecule has 0 saturated carbocycles. The molecule has 0 aliphatic heterocycles. The van der Waals surface area contributed by atoms with Gasteiger partial charge in [0.15, 0.2) is 0 Å². The van der Waals surface area contributed by atoms with E-state index in [2.05, 4.69) is 34.7 Å². The van der Waals surface area contributed by atoms with Gasteiger partial charge in [0.2, 0.25) is 5.91 Å². The molecule has 0 aliphatic rings. The molecule has 0 fully saturated rings. The standard InChI is InChI=1S/C11H23BrN2O/c1-9(2)8-14(7-6-13(4)5)11(15)10(3)12/h9-10H,6-8H2,1-5H3. The van der Waals surface area contributed by atoms with Crippen LogP contribution in [0.1, 0.15) is 20.8 Å². The van der Waals surface area contributed by atoms with Crippen LogP contribution in [0.4, 0.5) is 0 Å². The lowest BCUT2D eigenvalue weighted by Gasteiger charge is -2.27. The van der Waals surface area contributed by atoms with Crippen LogP contribution >= 0.6 is 15.9 Å². The number of amides is 1. The second-order valence-electron chi connectivity index (χ2n) is 4.60. The fourth-order valence-electron chi connectivity index (χ4n) is 1.30. The highest BCUT2D eigenvalue weighted by Gasteiger charge is 2.18. The summed E-state index contributed by atoms with van der Waals surface area (Å²) in [7, 11) is 4.05.